The van der Waals surface area contributed by atoms with E-state index in [1.165, 1.54) is 42.7 Å². The fourth-order valence-electron chi connectivity index (χ4n) is 7.10. The second-order valence-electron chi connectivity index (χ2n) is 14.0. The van der Waals surface area contributed by atoms with E-state index in [0.717, 1.165) is 20.8 Å². The number of ether oxygens (including phenoxy) is 5. The minimum Gasteiger partial charge on any atom is -0.462 e. The van der Waals surface area contributed by atoms with Gasteiger partial charge in [0.2, 0.25) is 0 Å². The molecule has 1 heterocycles. The van der Waals surface area contributed by atoms with E-state index < -0.39 is 94.9 Å². The third-order valence-corrected chi connectivity index (χ3v) is 9.44. The monoisotopic (exact) mass is 719 g/mol. The normalized spacial score (nSPS) is 30.7. The highest BCUT2D eigenvalue weighted by Gasteiger charge is 2.64. The molecular formula is C39H45NO12. The number of carbonyl (C=O) groups is 6. The number of ketones is 1. The summed E-state index contributed by atoms with van der Waals surface area (Å²) < 4.78 is 29.5. The van der Waals surface area contributed by atoms with E-state index in [2.05, 4.69) is 11.6 Å². The Hall–Kier alpha value is -5.17. The number of fused-ring (bicyclic) bond motifs is 1. The minimum atomic E-state index is -2.04. The molecule has 1 aromatic heterocycles. The zero-order valence-electron chi connectivity index (χ0n) is 30.3. The fourth-order valence-corrected chi connectivity index (χ4v) is 7.10. The number of aliphatic hydroxyl groups excluding tert-OH is 1. The average Bonchev–Trinajstić information content (AvgIpc) is 3.36. The van der Waals surface area contributed by atoms with Gasteiger partial charge in [-0.25, -0.2) is 9.59 Å². The third kappa shape index (κ3) is 8.47. The molecule has 278 valence electrons. The summed E-state index contributed by atoms with van der Waals surface area (Å²) in [4.78, 5) is 84.0. The van der Waals surface area contributed by atoms with Crippen LogP contribution in [0.2, 0.25) is 0 Å². The highest BCUT2D eigenvalue weighted by Crippen LogP contribution is 2.50. The largest absolute Gasteiger partial charge is 0.462 e. The lowest BCUT2D eigenvalue weighted by atomic mass is 9.72. The van der Waals surface area contributed by atoms with Crippen molar-refractivity contribution in [2.24, 2.45) is 23.2 Å². The van der Waals surface area contributed by atoms with E-state index in [4.69, 9.17) is 23.7 Å². The van der Waals surface area contributed by atoms with Crippen LogP contribution in [0.5, 0.6) is 0 Å². The number of Topliss-reactive ketones (excluding diaryl/α,β-unsaturated/α-hetero) is 1. The number of nitrogens with zero attached hydrogens (tertiary/aromatic N) is 1. The van der Waals surface area contributed by atoms with Crippen molar-refractivity contribution in [3.8, 4) is 0 Å². The van der Waals surface area contributed by atoms with E-state index in [9.17, 15) is 33.9 Å². The Morgan fingerprint density at radius 1 is 0.827 bits per heavy atom. The molecule has 0 saturated heterocycles. The molecule has 13 nitrogen and oxygen atoms in total. The molecule has 0 unspecified atom stereocenters. The summed E-state index contributed by atoms with van der Waals surface area (Å²) in [5.74, 6) is -7.86. The average molecular weight is 720 g/mol. The predicted molar refractivity (Wildman–Crippen MR) is 184 cm³/mol. The first-order valence-corrected chi connectivity index (χ1v) is 16.9. The molecule has 1 aromatic carbocycles. The van der Waals surface area contributed by atoms with Gasteiger partial charge in [0.15, 0.2) is 29.7 Å². The summed E-state index contributed by atoms with van der Waals surface area (Å²) in [6.07, 6.45) is -2.25. The van der Waals surface area contributed by atoms with E-state index >= 15 is 0 Å². The van der Waals surface area contributed by atoms with Gasteiger partial charge in [-0.15, -0.1) is 0 Å². The summed E-state index contributed by atoms with van der Waals surface area (Å²) in [5, 5.41) is 12.4. The van der Waals surface area contributed by atoms with Crippen molar-refractivity contribution in [1.29, 1.82) is 0 Å². The number of aliphatic hydroxyl groups is 1. The van der Waals surface area contributed by atoms with Gasteiger partial charge in [-0.05, 0) is 35.8 Å². The molecule has 1 saturated carbocycles. The van der Waals surface area contributed by atoms with Gasteiger partial charge in [-0.1, -0.05) is 64.6 Å². The van der Waals surface area contributed by atoms with E-state index in [-0.39, 0.29) is 23.1 Å². The highest BCUT2D eigenvalue weighted by molar-refractivity contribution is 5.94. The SMILES string of the molecule is C=C1[C@H](O)[C@H]2[C@@H](OC(C)=O)[C@@H](C)C[C@]2(OC(C)=O)C(=O)[C@H](C)/C=C/C(C)(C)[C@H](OC(=O)c2cccnc2)[C@H](OC(C)=O)[C@H]1OC(=O)c1ccccc1. The van der Waals surface area contributed by atoms with Crippen LogP contribution in [0, 0.1) is 23.2 Å². The van der Waals surface area contributed by atoms with Crippen LogP contribution in [0.1, 0.15) is 75.6 Å². The first kappa shape index (κ1) is 39.6. The zero-order valence-corrected chi connectivity index (χ0v) is 30.3. The van der Waals surface area contributed by atoms with Gasteiger partial charge in [0.05, 0.1) is 23.1 Å². The van der Waals surface area contributed by atoms with E-state index in [1.54, 1.807) is 52.0 Å². The number of esters is 5. The Balaban J connectivity index is 2.02. The number of hydrogen-bond donors (Lipinski definition) is 1. The molecule has 2 aromatic rings. The molecule has 0 aliphatic heterocycles. The molecule has 4 rings (SSSR count). The predicted octanol–water partition coefficient (Wildman–Crippen LogP) is 4.37. The molecule has 9 atom stereocenters. The Morgan fingerprint density at radius 2 is 1.42 bits per heavy atom. The minimum absolute atomic E-state index is 0.0607. The third-order valence-electron chi connectivity index (χ3n) is 9.44. The smallest absolute Gasteiger partial charge is 0.340 e. The van der Waals surface area contributed by atoms with Gasteiger partial charge >= 0.3 is 29.8 Å². The lowest BCUT2D eigenvalue weighted by molar-refractivity contribution is -0.183. The summed E-state index contributed by atoms with van der Waals surface area (Å²) in [5.41, 5.74) is -3.49. The van der Waals surface area contributed by atoms with Crippen LogP contribution < -0.4 is 0 Å². The van der Waals surface area contributed by atoms with Crippen molar-refractivity contribution in [1.82, 2.24) is 4.98 Å². The zero-order chi connectivity index (χ0) is 38.5. The Morgan fingerprint density at radius 3 is 2.00 bits per heavy atom. The van der Waals surface area contributed by atoms with Gasteiger partial charge in [-0.2, -0.15) is 0 Å². The molecule has 1 N–H and O–H groups in total. The molecule has 0 spiro atoms. The first-order chi connectivity index (χ1) is 24.4. The number of hydrogen-bond acceptors (Lipinski definition) is 13. The van der Waals surface area contributed by atoms with Gasteiger partial charge in [0.1, 0.15) is 6.10 Å². The molecule has 0 radical (unpaired) electrons. The fraction of sp³-hybridized carbons (Fsp3) is 0.462. The van der Waals surface area contributed by atoms with Crippen LogP contribution in [0.25, 0.3) is 0 Å². The van der Waals surface area contributed by atoms with Gasteiger partial charge < -0.3 is 28.8 Å². The van der Waals surface area contributed by atoms with Crippen LogP contribution in [0.15, 0.2) is 79.2 Å². The quantitative estimate of drug-likeness (QED) is 0.242. The molecular weight excluding hydrogens is 674 g/mol. The van der Waals surface area contributed by atoms with E-state index in [1.807, 2.05) is 0 Å². The van der Waals surface area contributed by atoms with Crippen molar-refractivity contribution in [3.63, 3.8) is 0 Å². The van der Waals surface area contributed by atoms with Crippen LogP contribution in [0.3, 0.4) is 0 Å². The summed E-state index contributed by atoms with van der Waals surface area (Å²) in [6, 6.07) is 10.8. The first-order valence-electron chi connectivity index (χ1n) is 16.9. The van der Waals surface area contributed by atoms with Crippen LogP contribution in [-0.2, 0) is 42.9 Å². The van der Waals surface area contributed by atoms with Crippen molar-refractivity contribution in [2.75, 3.05) is 0 Å². The number of pyridine rings is 1. The van der Waals surface area contributed by atoms with Crippen LogP contribution >= 0.6 is 0 Å². The standard InChI is InChI=1S/C39H45NO12/c1-21-16-17-38(7,8)35(51-37(47)28-15-12-18-40-20-28)33(49-25(5)42)32(50-36(46)27-13-10-9-11-14-27)23(3)30(44)29-31(48-24(4)41)22(2)19-39(29,34(21)45)52-26(6)43/h9-18,20-22,29-33,35,44H,3,19H2,1-2,4-8H3/b17-16+/t21-,22+,29+,30+,31+,32+,33-,35-,39-/m1/s1. The summed E-state index contributed by atoms with van der Waals surface area (Å²) >= 11 is 0. The van der Waals surface area contributed by atoms with Gasteiger partial charge in [-0.3, -0.25) is 24.2 Å². The Bertz CT molecular complexity index is 1720. The summed E-state index contributed by atoms with van der Waals surface area (Å²) in [6.45, 7) is 14.0. The molecule has 2 aliphatic rings. The van der Waals surface area contributed by atoms with Crippen molar-refractivity contribution >= 4 is 35.6 Å². The number of carbonyl (C=O) groups excluding carboxylic acids is 6. The summed E-state index contributed by atoms with van der Waals surface area (Å²) in [7, 11) is 0. The Kier molecular flexibility index (Phi) is 12.2. The second kappa shape index (κ2) is 16.0. The molecule has 2 aliphatic carbocycles. The number of allylic oxidation sites excluding steroid dienone is 1. The maximum atomic E-state index is 14.6. The lowest BCUT2D eigenvalue weighted by Crippen LogP contribution is -2.58. The second-order valence-corrected chi connectivity index (χ2v) is 14.0. The maximum Gasteiger partial charge on any atom is 0.340 e. The molecule has 0 amide bonds. The number of benzene rings is 1. The molecule has 13 heteroatoms. The van der Waals surface area contributed by atoms with Gasteiger partial charge in [0, 0.05) is 50.9 Å². The van der Waals surface area contributed by atoms with Gasteiger partial charge in [0.25, 0.3) is 0 Å². The number of rotatable bonds is 7. The van der Waals surface area contributed by atoms with Crippen molar-refractivity contribution in [2.45, 2.75) is 91.0 Å². The molecule has 1 fully saturated rings. The van der Waals surface area contributed by atoms with Crippen molar-refractivity contribution < 1.29 is 57.6 Å². The topological polar surface area (TPSA) is 182 Å². The van der Waals surface area contributed by atoms with Crippen LogP contribution in [-0.4, -0.2) is 81.8 Å². The molecule has 0 bridgehead atoms. The lowest BCUT2D eigenvalue weighted by Gasteiger charge is -2.44. The number of aromatic nitrogens is 1. The van der Waals surface area contributed by atoms with E-state index in [0.29, 0.717) is 0 Å². The Labute approximate surface area is 302 Å². The van der Waals surface area contributed by atoms with Crippen molar-refractivity contribution in [3.05, 3.63) is 90.3 Å². The highest BCUT2D eigenvalue weighted by atomic mass is 16.6. The van der Waals surface area contributed by atoms with Crippen LogP contribution in [0.4, 0.5) is 0 Å². The maximum absolute atomic E-state index is 14.6. The molecule has 52 heavy (non-hydrogen) atoms.